The van der Waals surface area contributed by atoms with Gasteiger partial charge in [-0.05, 0) is 30.7 Å². The quantitative estimate of drug-likeness (QED) is 0.657. The minimum absolute atomic E-state index is 0.273. The summed E-state index contributed by atoms with van der Waals surface area (Å²) < 4.78 is 19.1. The van der Waals surface area contributed by atoms with E-state index >= 15 is 0 Å². The number of methoxy groups -OCH3 is 1. The lowest BCUT2D eigenvalue weighted by Gasteiger charge is -2.18. The van der Waals surface area contributed by atoms with Crippen LogP contribution in [0, 0.1) is 5.82 Å². The van der Waals surface area contributed by atoms with Crippen molar-refractivity contribution in [3.05, 3.63) is 58.6 Å². The van der Waals surface area contributed by atoms with Gasteiger partial charge in [-0.3, -0.25) is 16.3 Å². The molecular weight excluding hydrogens is 281 g/mol. The van der Waals surface area contributed by atoms with Crippen molar-refractivity contribution in [1.29, 1.82) is 0 Å². The molecule has 1 aromatic carbocycles. The molecule has 3 N–H and O–H groups in total. The topological polar surface area (TPSA) is 60.2 Å². The third kappa shape index (κ3) is 3.07. The maximum absolute atomic E-state index is 13.8. The van der Waals surface area contributed by atoms with E-state index in [0.717, 1.165) is 0 Å². The van der Waals surface area contributed by atoms with E-state index in [1.807, 2.05) is 0 Å². The lowest BCUT2D eigenvalue weighted by molar-refractivity contribution is 0.393. The van der Waals surface area contributed by atoms with E-state index in [1.165, 1.54) is 6.07 Å². The van der Waals surface area contributed by atoms with Gasteiger partial charge in [0.25, 0.3) is 0 Å². The third-order valence-electron chi connectivity index (χ3n) is 3.02. The van der Waals surface area contributed by atoms with Crippen LogP contribution in [0.15, 0.2) is 36.5 Å². The first-order chi connectivity index (χ1) is 9.67. The summed E-state index contributed by atoms with van der Waals surface area (Å²) >= 11 is 6.03. The number of nitrogens with one attached hydrogen (secondary N) is 1. The van der Waals surface area contributed by atoms with Crippen molar-refractivity contribution in [1.82, 2.24) is 10.4 Å². The number of benzene rings is 1. The minimum Gasteiger partial charge on any atom is -0.495 e. The number of hydrogen-bond acceptors (Lipinski definition) is 4. The highest BCUT2D eigenvalue weighted by Crippen LogP contribution is 2.28. The Kier molecular flexibility index (Phi) is 4.89. The maximum Gasteiger partial charge on any atom is 0.142 e. The summed E-state index contributed by atoms with van der Waals surface area (Å²) in [4.78, 5) is 4.24. The summed E-state index contributed by atoms with van der Waals surface area (Å²) in [5.41, 5.74) is 3.63. The fourth-order valence-corrected chi connectivity index (χ4v) is 2.24. The molecule has 20 heavy (non-hydrogen) atoms. The Morgan fingerprint density at radius 3 is 2.85 bits per heavy atom. The van der Waals surface area contributed by atoms with Crippen LogP contribution in [0.5, 0.6) is 5.75 Å². The van der Waals surface area contributed by atoms with Crippen molar-refractivity contribution in [3.8, 4) is 5.75 Å². The molecule has 2 rings (SSSR count). The molecular formula is C14H15ClFN3O. The molecule has 0 aliphatic rings. The lowest BCUT2D eigenvalue weighted by Crippen LogP contribution is -2.31. The second-order valence-electron chi connectivity index (χ2n) is 4.21. The zero-order chi connectivity index (χ0) is 14.5. The number of rotatable bonds is 5. The Balaban J connectivity index is 2.34. The Labute approximate surface area is 121 Å². The van der Waals surface area contributed by atoms with Crippen LogP contribution in [0.3, 0.4) is 0 Å². The van der Waals surface area contributed by atoms with Crippen LogP contribution in [-0.2, 0) is 6.42 Å². The van der Waals surface area contributed by atoms with E-state index in [-0.39, 0.29) is 12.2 Å². The van der Waals surface area contributed by atoms with Crippen molar-refractivity contribution in [2.24, 2.45) is 5.84 Å². The molecule has 106 valence electrons. The van der Waals surface area contributed by atoms with Crippen molar-refractivity contribution in [2.45, 2.75) is 12.5 Å². The van der Waals surface area contributed by atoms with Gasteiger partial charge in [0.15, 0.2) is 0 Å². The number of hydrogen-bond donors (Lipinski definition) is 2. The summed E-state index contributed by atoms with van der Waals surface area (Å²) in [7, 11) is 1.55. The van der Waals surface area contributed by atoms with Crippen LogP contribution in [0.4, 0.5) is 4.39 Å². The van der Waals surface area contributed by atoms with E-state index in [1.54, 1.807) is 37.6 Å². The first-order valence-electron chi connectivity index (χ1n) is 6.05. The summed E-state index contributed by atoms with van der Waals surface area (Å²) in [6, 6.07) is 7.70. The molecule has 2 aromatic rings. The Morgan fingerprint density at radius 1 is 1.40 bits per heavy atom. The maximum atomic E-state index is 13.8. The molecule has 4 nitrogen and oxygen atoms in total. The predicted octanol–water partition coefficient (Wildman–Crippen LogP) is 2.63. The largest absolute Gasteiger partial charge is 0.495 e. The lowest BCUT2D eigenvalue weighted by atomic mass is 10.0. The van der Waals surface area contributed by atoms with E-state index in [0.29, 0.717) is 22.0 Å². The van der Waals surface area contributed by atoms with Crippen LogP contribution in [0.1, 0.15) is 17.3 Å². The van der Waals surface area contributed by atoms with Crippen molar-refractivity contribution in [3.63, 3.8) is 0 Å². The van der Waals surface area contributed by atoms with Crippen molar-refractivity contribution < 1.29 is 9.13 Å². The number of ether oxygens (including phenoxy) is 1. The average molecular weight is 296 g/mol. The zero-order valence-electron chi connectivity index (χ0n) is 10.9. The summed E-state index contributed by atoms with van der Waals surface area (Å²) in [5, 5.41) is 0.361. The fraction of sp³-hybridized carbons (Fsp3) is 0.214. The normalized spacial score (nSPS) is 12.2. The highest BCUT2D eigenvalue weighted by atomic mass is 35.5. The minimum atomic E-state index is -0.402. The SMILES string of the molecule is COc1cccnc1C(Cc1c(F)cccc1Cl)NN. The fourth-order valence-electron chi connectivity index (χ4n) is 2.00. The molecule has 0 amide bonds. The van der Waals surface area contributed by atoms with E-state index in [4.69, 9.17) is 22.2 Å². The molecule has 6 heteroatoms. The molecule has 0 radical (unpaired) electrons. The third-order valence-corrected chi connectivity index (χ3v) is 3.37. The van der Waals surface area contributed by atoms with Crippen molar-refractivity contribution >= 4 is 11.6 Å². The average Bonchev–Trinajstić information content (AvgIpc) is 2.47. The molecule has 0 saturated heterocycles. The van der Waals surface area contributed by atoms with E-state index < -0.39 is 6.04 Å². The second kappa shape index (κ2) is 6.65. The van der Waals surface area contributed by atoms with Crippen LogP contribution in [0.2, 0.25) is 5.02 Å². The number of aromatic nitrogens is 1. The zero-order valence-corrected chi connectivity index (χ0v) is 11.7. The van der Waals surface area contributed by atoms with Crippen LogP contribution < -0.4 is 16.0 Å². The molecule has 0 bridgehead atoms. The van der Waals surface area contributed by atoms with Gasteiger partial charge < -0.3 is 4.74 Å². The van der Waals surface area contributed by atoms with Crippen LogP contribution in [0.25, 0.3) is 0 Å². The molecule has 1 aromatic heterocycles. The number of pyridine rings is 1. The predicted molar refractivity (Wildman–Crippen MR) is 76.0 cm³/mol. The van der Waals surface area contributed by atoms with Gasteiger partial charge in [-0.15, -0.1) is 0 Å². The first-order valence-corrected chi connectivity index (χ1v) is 6.43. The van der Waals surface area contributed by atoms with E-state index in [2.05, 4.69) is 10.4 Å². The summed E-state index contributed by atoms with van der Waals surface area (Å²) in [6.07, 6.45) is 1.90. The summed E-state index contributed by atoms with van der Waals surface area (Å²) in [5.74, 6) is 5.78. The van der Waals surface area contributed by atoms with Gasteiger partial charge >= 0.3 is 0 Å². The van der Waals surface area contributed by atoms with Crippen LogP contribution in [-0.4, -0.2) is 12.1 Å². The number of halogens is 2. The monoisotopic (exact) mass is 295 g/mol. The number of nitrogens with two attached hydrogens (primary N) is 1. The molecule has 0 fully saturated rings. The smallest absolute Gasteiger partial charge is 0.142 e. The molecule has 0 spiro atoms. The number of hydrazine groups is 1. The second-order valence-corrected chi connectivity index (χ2v) is 4.62. The van der Waals surface area contributed by atoms with Crippen LogP contribution >= 0.6 is 11.6 Å². The Morgan fingerprint density at radius 2 is 2.20 bits per heavy atom. The highest BCUT2D eigenvalue weighted by molar-refractivity contribution is 6.31. The first kappa shape index (κ1) is 14.7. The Bertz CT molecular complexity index is 574. The highest BCUT2D eigenvalue weighted by Gasteiger charge is 2.19. The molecule has 1 unspecified atom stereocenters. The molecule has 0 saturated carbocycles. The van der Waals surface area contributed by atoms with Gasteiger partial charge in [-0.1, -0.05) is 17.7 Å². The molecule has 0 aliphatic heterocycles. The Hall–Kier alpha value is -1.69. The molecule has 1 atom stereocenters. The van der Waals surface area contributed by atoms with Gasteiger partial charge in [0.1, 0.15) is 17.3 Å². The van der Waals surface area contributed by atoms with Gasteiger partial charge in [0, 0.05) is 16.8 Å². The van der Waals surface area contributed by atoms with Gasteiger partial charge in [-0.2, -0.15) is 0 Å². The van der Waals surface area contributed by atoms with Gasteiger partial charge in [-0.25, -0.2) is 4.39 Å². The summed E-state index contributed by atoms with van der Waals surface area (Å²) in [6.45, 7) is 0. The van der Waals surface area contributed by atoms with Gasteiger partial charge in [0.2, 0.25) is 0 Å². The standard InChI is InChI=1S/C14H15ClFN3O/c1-20-13-6-3-7-18-14(13)12(19-17)8-9-10(15)4-2-5-11(9)16/h2-7,12,19H,8,17H2,1H3. The molecule has 1 heterocycles. The van der Waals surface area contributed by atoms with Gasteiger partial charge in [0.05, 0.1) is 13.2 Å². The molecule has 0 aliphatic carbocycles. The van der Waals surface area contributed by atoms with E-state index in [9.17, 15) is 4.39 Å². The number of nitrogens with zero attached hydrogens (tertiary/aromatic N) is 1. The van der Waals surface area contributed by atoms with Crippen molar-refractivity contribution in [2.75, 3.05) is 7.11 Å².